The standard InChI is InChI=1S/C24H22FN4O6S/c1-3-14-6-9-20-18(11-14)21(17-5-4-10-26-23(17)30)22(24(31)27-36(2,34)35)28(20)13-15-12-16(29(32)33)7-8-19(15)25/h4-12,32H,3,13H2,1-2H3,(H,26,30)(H,27,31)/q-1. The maximum atomic E-state index is 14.8. The summed E-state index contributed by atoms with van der Waals surface area (Å²) < 4.78 is 42.0. The first-order valence-electron chi connectivity index (χ1n) is 10.8. The van der Waals surface area contributed by atoms with E-state index in [9.17, 15) is 32.8 Å². The molecule has 0 bridgehead atoms. The SMILES string of the molecule is CCc1ccc2c(c1)c(-c1ccc[nH]c1=O)c(C(=O)NS(C)(=O)=O)n2Cc1cc(N([O-])O)ccc1F. The van der Waals surface area contributed by atoms with Crippen LogP contribution in [-0.4, -0.2) is 35.3 Å². The van der Waals surface area contributed by atoms with Gasteiger partial charge in [-0.2, -0.15) is 0 Å². The molecule has 0 saturated carbocycles. The Kier molecular flexibility index (Phi) is 6.67. The summed E-state index contributed by atoms with van der Waals surface area (Å²) in [4.78, 5) is 28.7. The summed E-state index contributed by atoms with van der Waals surface area (Å²) in [6, 6.07) is 11.5. The number of sulfonamides is 1. The smallest absolute Gasteiger partial charge is 0.282 e. The Morgan fingerprint density at radius 1 is 1.22 bits per heavy atom. The van der Waals surface area contributed by atoms with Crippen LogP contribution in [0.3, 0.4) is 0 Å². The number of rotatable bonds is 7. The van der Waals surface area contributed by atoms with Crippen molar-refractivity contribution in [3.63, 3.8) is 0 Å². The van der Waals surface area contributed by atoms with Crippen molar-refractivity contribution in [1.82, 2.24) is 14.3 Å². The van der Waals surface area contributed by atoms with Crippen LogP contribution in [0.4, 0.5) is 10.1 Å². The third kappa shape index (κ3) is 4.87. The van der Waals surface area contributed by atoms with E-state index < -0.39 is 32.5 Å². The fraction of sp³-hybridized carbons (Fsp3) is 0.167. The number of carbonyl (C=O) groups is 1. The zero-order valence-corrected chi connectivity index (χ0v) is 20.1. The van der Waals surface area contributed by atoms with Crippen LogP contribution in [0, 0.1) is 11.0 Å². The summed E-state index contributed by atoms with van der Waals surface area (Å²) in [6.45, 7) is 1.61. The fourth-order valence-electron chi connectivity index (χ4n) is 4.10. The summed E-state index contributed by atoms with van der Waals surface area (Å²) in [5, 5.41) is 20.7. The number of hydrogen-bond donors (Lipinski definition) is 3. The van der Waals surface area contributed by atoms with E-state index in [0.29, 0.717) is 17.3 Å². The molecule has 12 heteroatoms. The molecule has 0 aliphatic heterocycles. The molecule has 0 unspecified atom stereocenters. The number of anilines is 1. The van der Waals surface area contributed by atoms with E-state index in [1.807, 2.05) is 11.6 Å². The third-order valence-corrected chi connectivity index (χ3v) is 6.25. The summed E-state index contributed by atoms with van der Waals surface area (Å²) in [5.41, 5.74) is 0.612. The highest BCUT2D eigenvalue weighted by Crippen LogP contribution is 2.35. The van der Waals surface area contributed by atoms with Crippen LogP contribution in [0.25, 0.3) is 22.0 Å². The Labute approximate surface area is 205 Å². The monoisotopic (exact) mass is 513 g/mol. The highest BCUT2D eigenvalue weighted by Gasteiger charge is 2.27. The second-order valence-corrected chi connectivity index (χ2v) is 9.93. The van der Waals surface area contributed by atoms with E-state index in [2.05, 4.69) is 4.98 Å². The first-order chi connectivity index (χ1) is 17.0. The zero-order valence-electron chi connectivity index (χ0n) is 19.3. The van der Waals surface area contributed by atoms with E-state index in [4.69, 9.17) is 0 Å². The second kappa shape index (κ2) is 9.57. The Balaban J connectivity index is 2.09. The number of hydrogen-bond acceptors (Lipinski definition) is 7. The first kappa shape index (κ1) is 25.1. The number of fused-ring (bicyclic) bond motifs is 1. The Morgan fingerprint density at radius 2 is 1.97 bits per heavy atom. The van der Waals surface area contributed by atoms with Crippen molar-refractivity contribution in [3.05, 3.63) is 92.9 Å². The molecule has 188 valence electrons. The van der Waals surface area contributed by atoms with Crippen molar-refractivity contribution in [1.29, 1.82) is 0 Å². The highest BCUT2D eigenvalue weighted by atomic mass is 32.2. The number of halogens is 1. The normalized spacial score (nSPS) is 11.6. The number of amides is 1. The van der Waals surface area contributed by atoms with Gasteiger partial charge in [-0.3, -0.25) is 14.8 Å². The van der Waals surface area contributed by atoms with Crippen molar-refractivity contribution in [2.45, 2.75) is 19.9 Å². The van der Waals surface area contributed by atoms with Crippen LogP contribution >= 0.6 is 0 Å². The van der Waals surface area contributed by atoms with E-state index in [-0.39, 0.29) is 34.6 Å². The number of aromatic amines is 1. The van der Waals surface area contributed by atoms with Crippen molar-refractivity contribution in [3.8, 4) is 11.1 Å². The van der Waals surface area contributed by atoms with Gasteiger partial charge in [0.2, 0.25) is 10.0 Å². The lowest BCUT2D eigenvalue weighted by molar-refractivity contribution is 0.0974. The molecule has 3 N–H and O–H groups in total. The molecular formula is C24H22FN4O6S-. The molecule has 0 saturated heterocycles. The number of benzene rings is 2. The molecule has 0 aliphatic carbocycles. The number of aryl methyl sites for hydroxylation is 1. The van der Waals surface area contributed by atoms with Gasteiger partial charge < -0.3 is 20.0 Å². The van der Waals surface area contributed by atoms with Crippen LogP contribution in [0.15, 0.2) is 59.5 Å². The summed E-state index contributed by atoms with van der Waals surface area (Å²) in [5.74, 6) is -1.74. The van der Waals surface area contributed by atoms with E-state index in [1.165, 1.54) is 16.8 Å². The second-order valence-electron chi connectivity index (χ2n) is 8.18. The number of nitrogens with one attached hydrogen (secondary N) is 2. The maximum absolute atomic E-state index is 14.8. The van der Waals surface area contributed by atoms with Crippen LogP contribution in [0.2, 0.25) is 0 Å². The molecule has 2 aromatic carbocycles. The predicted molar refractivity (Wildman–Crippen MR) is 133 cm³/mol. The maximum Gasteiger partial charge on any atom is 0.282 e. The van der Waals surface area contributed by atoms with Gasteiger partial charge in [0, 0.05) is 33.8 Å². The van der Waals surface area contributed by atoms with Gasteiger partial charge >= 0.3 is 0 Å². The van der Waals surface area contributed by atoms with E-state index in [1.54, 1.807) is 24.3 Å². The van der Waals surface area contributed by atoms with E-state index in [0.717, 1.165) is 30.0 Å². The molecule has 0 aliphatic rings. The molecule has 36 heavy (non-hydrogen) atoms. The largest absolute Gasteiger partial charge is 0.733 e. The number of H-pyrrole nitrogens is 1. The van der Waals surface area contributed by atoms with Crippen LogP contribution in [0.5, 0.6) is 0 Å². The molecule has 0 fully saturated rings. The van der Waals surface area contributed by atoms with Gasteiger partial charge in [0.15, 0.2) is 0 Å². The molecule has 2 aromatic heterocycles. The molecule has 0 radical (unpaired) electrons. The van der Waals surface area contributed by atoms with Gasteiger partial charge in [0.05, 0.1) is 18.5 Å². The van der Waals surface area contributed by atoms with Crippen molar-refractivity contribution in [2.24, 2.45) is 0 Å². The van der Waals surface area contributed by atoms with Gasteiger partial charge in [-0.1, -0.05) is 13.0 Å². The van der Waals surface area contributed by atoms with Gasteiger partial charge in [-0.15, -0.1) is 0 Å². The molecule has 0 spiro atoms. The lowest BCUT2D eigenvalue weighted by Crippen LogP contribution is -2.32. The number of nitrogens with zero attached hydrogens (tertiary/aromatic N) is 2. The molecule has 2 heterocycles. The van der Waals surface area contributed by atoms with Crippen LogP contribution in [-0.2, 0) is 23.0 Å². The molecular weight excluding hydrogens is 491 g/mol. The predicted octanol–water partition coefficient (Wildman–Crippen LogP) is 3.13. The summed E-state index contributed by atoms with van der Waals surface area (Å²) in [6.07, 6.45) is 2.88. The first-order valence-corrected chi connectivity index (χ1v) is 12.7. The topological polar surface area (TPSA) is 148 Å². The van der Waals surface area contributed by atoms with Gasteiger partial charge in [0.25, 0.3) is 11.5 Å². The molecule has 4 rings (SSSR count). The van der Waals surface area contributed by atoms with E-state index >= 15 is 0 Å². The number of carbonyl (C=O) groups excluding carboxylic acids is 1. The highest BCUT2D eigenvalue weighted by molar-refractivity contribution is 7.89. The lowest BCUT2D eigenvalue weighted by Gasteiger charge is -2.22. The minimum atomic E-state index is -4.00. The van der Waals surface area contributed by atoms with Crippen LogP contribution < -0.4 is 15.5 Å². The van der Waals surface area contributed by atoms with Crippen molar-refractivity contribution in [2.75, 3.05) is 11.5 Å². The lowest BCUT2D eigenvalue weighted by atomic mass is 10.0. The van der Waals surface area contributed by atoms with Crippen LogP contribution in [0.1, 0.15) is 28.5 Å². The van der Waals surface area contributed by atoms with Crippen molar-refractivity contribution < 1.29 is 22.8 Å². The molecule has 1 amide bonds. The van der Waals surface area contributed by atoms with Gasteiger partial charge in [-0.25, -0.2) is 17.5 Å². The molecule has 4 aromatic rings. The average Bonchev–Trinajstić information content (AvgIpc) is 3.12. The third-order valence-electron chi connectivity index (χ3n) is 5.70. The number of pyridine rings is 1. The molecule has 10 nitrogen and oxygen atoms in total. The fourth-order valence-corrected chi connectivity index (χ4v) is 4.53. The minimum Gasteiger partial charge on any atom is -0.733 e. The zero-order chi connectivity index (χ0) is 26.2. The quantitative estimate of drug-likeness (QED) is 0.322. The minimum absolute atomic E-state index is 0.0548. The van der Waals surface area contributed by atoms with Gasteiger partial charge in [-0.05, 0) is 54.4 Å². The Hall–Kier alpha value is -4.00. The summed E-state index contributed by atoms with van der Waals surface area (Å²) >= 11 is 0. The number of aromatic nitrogens is 2. The summed E-state index contributed by atoms with van der Waals surface area (Å²) in [7, 11) is -4.00. The van der Waals surface area contributed by atoms with Crippen molar-refractivity contribution >= 4 is 32.5 Å². The Morgan fingerprint density at radius 3 is 2.61 bits per heavy atom. The van der Waals surface area contributed by atoms with Gasteiger partial charge in [0.1, 0.15) is 11.5 Å². The molecule has 0 atom stereocenters. The average molecular weight is 514 g/mol. The Bertz CT molecular complexity index is 1640.